The lowest BCUT2D eigenvalue weighted by Crippen LogP contribution is -2.11. The van der Waals surface area contributed by atoms with E-state index < -0.39 is 12.0 Å². The molecule has 0 aromatic carbocycles. The minimum Gasteiger partial charge on any atom is -0.218 e. The van der Waals surface area contributed by atoms with E-state index in [0.29, 0.717) is 0 Å². The van der Waals surface area contributed by atoms with E-state index in [4.69, 9.17) is 11.6 Å². The average molecular weight is 308 g/mol. The topological polar surface area (TPSA) is 25.8 Å². The van der Waals surface area contributed by atoms with Crippen molar-refractivity contribution in [1.82, 2.24) is 9.97 Å². The summed E-state index contributed by atoms with van der Waals surface area (Å²) in [5.41, 5.74) is 0. The maximum Gasteiger partial charge on any atom is 0.451 e. The average Bonchev–Trinajstić information content (AvgIpc) is 1.82. The maximum atomic E-state index is 12.0. The van der Waals surface area contributed by atoms with Crippen LogP contribution < -0.4 is 0 Å². The van der Waals surface area contributed by atoms with E-state index in [1.807, 2.05) is 0 Å². The van der Waals surface area contributed by atoms with Gasteiger partial charge in [0.25, 0.3) is 0 Å². The molecule has 1 heterocycles. The number of halogens is 5. The monoisotopic (exact) mass is 308 g/mol. The molecule has 0 radical (unpaired) electrons. The van der Waals surface area contributed by atoms with Gasteiger partial charge in [-0.05, 0) is 22.6 Å². The van der Waals surface area contributed by atoms with E-state index in [1.54, 1.807) is 22.6 Å². The number of alkyl halides is 3. The second kappa shape index (κ2) is 3.33. The molecular weight excluding hydrogens is 307 g/mol. The normalized spacial score (nSPS) is 11.8. The molecule has 0 amide bonds. The highest BCUT2D eigenvalue weighted by atomic mass is 127. The molecule has 0 aliphatic heterocycles. The van der Waals surface area contributed by atoms with Gasteiger partial charge >= 0.3 is 6.18 Å². The van der Waals surface area contributed by atoms with E-state index >= 15 is 0 Å². The van der Waals surface area contributed by atoms with Crippen molar-refractivity contribution in [3.05, 3.63) is 20.7 Å². The first kappa shape index (κ1) is 9.97. The van der Waals surface area contributed by atoms with Crippen LogP contribution in [0, 0.1) is 3.70 Å². The minimum absolute atomic E-state index is 0.167. The molecule has 0 saturated carbocycles. The summed E-state index contributed by atoms with van der Waals surface area (Å²) in [6.45, 7) is 0. The summed E-state index contributed by atoms with van der Waals surface area (Å²) in [5.74, 6) is -1.21. The van der Waals surface area contributed by atoms with E-state index in [1.165, 1.54) is 6.07 Å². The van der Waals surface area contributed by atoms with Crippen molar-refractivity contribution < 1.29 is 13.2 Å². The molecule has 12 heavy (non-hydrogen) atoms. The van der Waals surface area contributed by atoms with Crippen molar-refractivity contribution in [2.45, 2.75) is 6.18 Å². The van der Waals surface area contributed by atoms with Gasteiger partial charge < -0.3 is 0 Å². The summed E-state index contributed by atoms with van der Waals surface area (Å²) in [6.07, 6.45) is -4.54. The van der Waals surface area contributed by atoms with Crippen LogP contribution in [0.15, 0.2) is 6.07 Å². The highest BCUT2D eigenvalue weighted by Crippen LogP contribution is 2.27. The third kappa shape index (κ3) is 2.44. The summed E-state index contributed by atoms with van der Waals surface area (Å²) >= 11 is 6.94. The van der Waals surface area contributed by atoms with Gasteiger partial charge in [0.2, 0.25) is 5.82 Å². The predicted octanol–water partition coefficient (Wildman–Crippen LogP) is 2.75. The zero-order valence-electron chi connectivity index (χ0n) is 5.36. The van der Waals surface area contributed by atoms with Gasteiger partial charge in [-0.15, -0.1) is 0 Å². The fourth-order valence-corrected chi connectivity index (χ4v) is 1.41. The van der Waals surface area contributed by atoms with Crippen LogP contribution in [0.4, 0.5) is 13.2 Å². The van der Waals surface area contributed by atoms with Crippen molar-refractivity contribution in [2.75, 3.05) is 0 Å². The van der Waals surface area contributed by atoms with Crippen LogP contribution in [0.5, 0.6) is 0 Å². The van der Waals surface area contributed by atoms with Crippen LogP contribution >= 0.6 is 34.2 Å². The number of nitrogens with zero attached hydrogens (tertiary/aromatic N) is 2. The van der Waals surface area contributed by atoms with Crippen molar-refractivity contribution in [3.8, 4) is 0 Å². The van der Waals surface area contributed by atoms with Gasteiger partial charge in [-0.2, -0.15) is 13.2 Å². The molecule has 7 heteroatoms. The highest BCUT2D eigenvalue weighted by molar-refractivity contribution is 14.1. The van der Waals surface area contributed by atoms with E-state index in [-0.39, 0.29) is 8.85 Å². The minimum atomic E-state index is -4.54. The summed E-state index contributed by atoms with van der Waals surface area (Å²) in [7, 11) is 0. The molecule has 0 atom stereocenters. The van der Waals surface area contributed by atoms with Gasteiger partial charge in [0, 0.05) is 6.07 Å². The Balaban J connectivity index is 3.18. The van der Waals surface area contributed by atoms with E-state index in [0.717, 1.165) is 0 Å². The van der Waals surface area contributed by atoms with Crippen LogP contribution in [0.3, 0.4) is 0 Å². The van der Waals surface area contributed by atoms with Crippen molar-refractivity contribution in [1.29, 1.82) is 0 Å². The molecule has 1 aromatic heterocycles. The summed E-state index contributed by atoms with van der Waals surface area (Å²) in [6, 6.07) is 1.25. The first-order valence-electron chi connectivity index (χ1n) is 2.67. The second-order valence-corrected chi connectivity index (χ2v) is 3.33. The molecule has 66 valence electrons. The van der Waals surface area contributed by atoms with Crippen LogP contribution in [0.25, 0.3) is 0 Å². The molecule has 0 spiro atoms. The first-order valence-corrected chi connectivity index (χ1v) is 4.12. The zero-order valence-corrected chi connectivity index (χ0v) is 8.28. The van der Waals surface area contributed by atoms with E-state index in [9.17, 15) is 13.2 Å². The van der Waals surface area contributed by atoms with Crippen LogP contribution in [-0.4, -0.2) is 9.97 Å². The van der Waals surface area contributed by atoms with Gasteiger partial charge in [-0.25, -0.2) is 9.97 Å². The van der Waals surface area contributed by atoms with Crippen molar-refractivity contribution >= 4 is 34.2 Å². The molecule has 0 saturated heterocycles. The fraction of sp³-hybridized carbons (Fsp3) is 0.200. The molecule has 0 unspecified atom stereocenters. The molecular formula is C5HClF3IN2. The van der Waals surface area contributed by atoms with Crippen molar-refractivity contribution in [3.63, 3.8) is 0 Å². The van der Waals surface area contributed by atoms with Crippen molar-refractivity contribution in [2.24, 2.45) is 0 Å². The number of hydrogen-bond donors (Lipinski definition) is 0. The van der Waals surface area contributed by atoms with Gasteiger partial charge in [-0.3, -0.25) is 0 Å². The molecule has 0 N–H and O–H groups in total. The largest absolute Gasteiger partial charge is 0.451 e. The molecule has 0 aliphatic rings. The zero-order chi connectivity index (χ0) is 9.35. The Labute approximate surface area is 84.3 Å². The Morgan fingerprint density at radius 1 is 1.33 bits per heavy atom. The Morgan fingerprint density at radius 2 is 1.92 bits per heavy atom. The van der Waals surface area contributed by atoms with Crippen LogP contribution in [-0.2, 0) is 6.18 Å². The van der Waals surface area contributed by atoms with Gasteiger partial charge in [0.05, 0.1) is 0 Å². The molecule has 0 aliphatic carbocycles. The van der Waals surface area contributed by atoms with Gasteiger partial charge in [0.1, 0.15) is 8.85 Å². The lowest BCUT2D eigenvalue weighted by atomic mass is 10.5. The Bertz CT molecular complexity index is 281. The smallest absolute Gasteiger partial charge is 0.218 e. The predicted molar refractivity (Wildman–Crippen MR) is 44.8 cm³/mol. The molecule has 1 aromatic rings. The number of hydrogen-bond acceptors (Lipinski definition) is 2. The van der Waals surface area contributed by atoms with Crippen LogP contribution in [0.1, 0.15) is 5.82 Å². The van der Waals surface area contributed by atoms with E-state index in [2.05, 4.69) is 9.97 Å². The third-order valence-electron chi connectivity index (χ3n) is 0.917. The third-order valence-corrected chi connectivity index (χ3v) is 1.66. The molecule has 0 fully saturated rings. The van der Waals surface area contributed by atoms with Crippen LogP contribution in [0.2, 0.25) is 5.15 Å². The standard InChI is InChI=1S/C5HClF3IN2/c6-2-1-3(10)12-4(11-2)5(7,8)9/h1H. The SMILES string of the molecule is FC(F)(F)c1nc(Cl)cc(I)n1. The number of rotatable bonds is 0. The number of aromatic nitrogens is 2. The lowest BCUT2D eigenvalue weighted by molar-refractivity contribution is -0.145. The molecule has 0 bridgehead atoms. The highest BCUT2D eigenvalue weighted by Gasteiger charge is 2.35. The lowest BCUT2D eigenvalue weighted by Gasteiger charge is -2.04. The second-order valence-electron chi connectivity index (χ2n) is 1.83. The first-order chi connectivity index (χ1) is 5.39. The van der Waals surface area contributed by atoms with Gasteiger partial charge in [-0.1, -0.05) is 11.6 Å². The Kier molecular flexibility index (Phi) is 2.77. The molecule has 1 rings (SSSR count). The fourth-order valence-electron chi connectivity index (χ4n) is 0.517. The quantitative estimate of drug-likeness (QED) is 0.544. The van der Waals surface area contributed by atoms with Gasteiger partial charge in [0.15, 0.2) is 0 Å². The maximum absolute atomic E-state index is 12.0. The Morgan fingerprint density at radius 3 is 2.33 bits per heavy atom. The molecule has 2 nitrogen and oxygen atoms in total. The summed E-state index contributed by atoms with van der Waals surface area (Å²) < 4.78 is 36.0. The summed E-state index contributed by atoms with van der Waals surface area (Å²) in [4.78, 5) is 6.20. The summed E-state index contributed by atoms with van der Waals surface area (Å²) in [5, 5.41) is -0.207. The Hall–Kier alpha value is -0.110.